The SMILES string of the molecule is CCn1nc(C)c(NC(=O)NCC(O)C(C)C)c1C. The quantitative estimate of drug-likeness (QED) is 0.760. The molecule has 0 fully saturated rings. The Bertz CT molecular complexity index is 440. The highest BCUT2D eigenvalue weighted by Crippen LogP contribution is 2.18. The number of carbonyl (C=O) groups excluding carboxylic acids is 1. The number of aliphatic hydroxyl groups is 1. The largest absolute Gasteiger partial charge is 0.391 e. The van der Waals surface area contributed by atoms with E-state index in [4.69, 9.17) is 0 Å². The molecule has 1 heterocycles. The second kappa shape index (κ2) is 6.56. The van der Waals surface area contributed by atoms with E-state index >= 15 is 0 Å². The molecule has 6 nitrogen and oxygen atoms in total. The molecule has 0 bridgehead atoms. The van der Waals surface area contributed by atoms with E-state index in [1.807, 2.05) is 39.3 Å². The van der Waals surface area contributed by atoms with Gasteiger partial charge in [0.25, 0.3) is 0 Å². The van der Waals surface area contributed by atoms with Crippen molar-refractivity contribution in [2.75, 3.05) is 11.9 Å². The fourth-order valence-corrected chi connectivity index (χ4v) is 1.78. The highest BCUT2D eigenvalue weighted by molar-refractivity contribution is 5.90. The first-order valence-corrected chi connectivity index (χ1v) is 6.63. The number of rotatable bonds is 5. The van der Waals surface area contributed by atoms with Crippen LogP contribution < -0.4 is 10.6 Å². The molecule has 0 aromatic carbocycles. The predicted octanol–water partition coefficient (Wildman–Crippen LogP) is 1.66. The molecule has 1 rings (SSSR count). The molecule has 1 unspecified atom stereocenters. The molecular weight excluding hydrogens is 244 g/mol. The van der Waals surface area contributed by atoms with Crippen LogP contribution in [0.5, 0.6) is 0 Å². The minimum Gasteiger partial charge on any atom is -0.391 e. The van der Waals surface area contributed by atoms with Gasteiger partial charge in [-0.25, -0.2) is 4.79 Å². The van der Waals surface area contributed by atoms with E-state index < -0.39 is 6.10 Å². The van der Waals surface area contributed by atoms with E-state index in [2.05, 4.69) is 15.7 Å². The fourth-order valence-electron chi connectivity index (χ4n) is 1.78. The van der Waals surface area contributed by atoms with Crippen LogP contribution in [0, 0.1) is 19.8 Å². The standard InChI is InChI=1S/C13H24N4O2/c1-6-17-10(5)12(9(4)16-17)15-13(19)14-7-11(18)8(2)3/h8,11,18H,6-7H2,1-5H3,(H2,14,15,19). The number of urea groups is 1. The van der Waals surface area contributed by atoms with Crippen molar-refractivity contribution < 1.29 is 9.90 Å². The maximum Gasteiger partial charge on any atom is 0.319 e. The normalized spacial score (nSPS) is 12.6. The zero-order valence-corrected chi connectivity index (χ0v) is 12.3. The molecule has 0 spiro atoms. The van der Waals surface area contributed by atoms with Crippen LogP contribution in [0.3, 0.4) is 0 Å². The van der Waals surface area contributed by atoms with Crippen molar-refractivity contribution in [1.29, 1.82) is 0 Å². The maximum atomic E-state index is 11.8. The van der Waals surface area contributed by atoms with Gasteiger partial charge in [0.05, 0.1) is 23.2 Å². The predicted molar refractivity (Wildman–Crippen MR) is 75.2 cm³/mol. The number of hydrogen-bond acceptors (Lipinski definition) is 3. The lowest BCUT2D eigenvalue weighted by Crippen LogP contribution is -2.37. The molecule has 1 aromatic rings. The summed E-state index contributed by atoms with van der Waals surface area (Å²) in [4.78, 5) is 11.8. The second-order valence-corrected chi connectivity index (χ2v) is 5.01. The lowest BCUT2D eigenvalue weighted by molar-refractivity contribution is 0.126. The van der Waals surface area contributed by atoms with Gasteiger partial charge in [-0.2, -0.15) is 5.10 Å². The Morgan fingerprint density at radius 1 is 1.42 bits per heavy atom. The zero-order chi connectivity index (χ0) is 14.6. The molecule has 1 aromatic heterocycles. The van der Waals surface area contributed by atoms with Crippen molar-refractivity contribution in [3.63, 3.8) is 0 Å². The van der Waals surface area contributed by atoms with Crippen LogP contribution in [0.4, 0.5) is 10.5 Å². The van der Waals surface area contributed by atoms with E-state index in [9.17, 15) is 9.90 Å². The molecule has 0 radical (unpaired) electrons. The number of nitrogens with zero attached hydrogens (tertiary/aromatic N) is 2. The van der Waals surface area contributed by atoms with Gasteiger partial charge in [-0.3, -0.25) is 4.68 Å². The van der Waals surface area contributed by atoms with Crippen LogP contribution in [-0.2, 0) is 6.54 Å². The Morgan fingerprint density at radius 2 is 2.05 bits per heavy atom. The third-order valence-electron chi connectivity index (χ3n) is 3.16. The zero-order valence-electron chi connectivity index (χ0n) is 12.3. The summed E-state index contributed by atoms with van der Waals surface area (Å²) in [6.07, 6.45) is -0.536. The highest BCUT2D eigenvalue weighted by Gasteiger charge is 2.15. The lowest BCUT2D eigenvalue weighted by atomic mass is 10.1. The van der Waals surface area contributed by atoms with E-state index in [1.165, 1.54) is 0 Å². The summed E-state index contributed by atoms with van der Waals surface area (Å²) >= 11 is 0. The van der Waals surface area contributed by atoms with Crippen LogP contribution in [0.1, 0.15) is 32.2 Å². The third-order valence-corrected chi connectivity index (χ3v) is 3.16. The van der Waals surface area contributed by atoms with Gasteiger partial charge in [-0.05, 0) is 26.7 Å². The Hall–Kier alpha value is -1.56. The molecule has 0 saturated heterocycles. The molecule has 108 valence electrons. The van der Waals surface area contributed by atoms with Gasteiger partial charge in [-0.15, -0.1) is 0 Å². The Balaban J connectivity index is 2.60. The fraction of sp³-hybridized carbons (Fsp3) is 0.692. The van der Waals surface area contributed by atoms with Crippen LogP contribution in [0.15, 0.2) is 0 Å². The molecule has 0 saturated carbocycles. The molecule has 0 aliphatic carbocycles. The smallest absolute Gasteiger partial charge is 0.319 e. The molecule has 0 aliphatic heterocycles. The first-order valence-electron chi connectivity index (χ1n) is 6.63. The van der Waals surface area contributed by atoms with Crippen molar-refractivity contribution in [3.8, 4) is 0 Å². The summed E-state index contributed by atoms with van der Waals surface area (Å²) in [5.74, 6) is 0.117. The number of carbonyl (C=O) groups is 1. The number of aliphatic hydroxyl groups excluding tert-OH is 1. The topological polar surface area (TPSA) is 79.2 Å². The van der Waals surface area contributed by atoms with Crippen molar-refractivity contribution in [2.24, 2.45) is 5.92 Å². The first-order chi connectivity index (χ1) is 8.86. The van der Waals surface area contributed by atoms with E-state index in [0.717, 1.165) is 23.6 Å². The summed E-state index contributed by atoms with van der Waals surface area (Å²) in [6, 6.07) is -0.318. The van der Waals surface area contributed by atoms with Gasteiger partial charge >= 0.3 is 6.03 Å². The molecule has 6 heteroatoms. The van der Waals surface area contributed by atoms with E-state index in [0.29, 0.717) is 0 Å². The molecule has 3 N–H and O–H groups in total. The van der Waals surface area contributed by atoms with E-state index in [-0.39, 0.29) is 18.5 Å². The molecule has 1 atom stereocenters. The molecule has 0 aliphatic rings. The number of nitrogens with one attached hydrogen (secondary N) is 2. The van der Waals surface area contributed by atoms with Crippen molar-refractivity contribution >= 4 is 11.7 Å². The average molecular weight is 268 g/mol. The number of anilines is 1. The molecular formula is C13H24N4O2. The first kappa shape index (κ1) is 15.5. The van der Waals surface area contributed by atoms with Gasteiger partial charge in [0.15, 0.2) is 0 Å². The minimum absolute atomic E-state index is 0.117. The number of amides is 2. The van der Waals surface area contributed by atoms with E-state index in [1.54, 1.807) is 0 Å². The summed E-state index contributed by atoms with van der Waals surface area (Å²) in [5, 5.41) is 19.4. The Labute approximate surface area is 114 Å². The summed E-state index contributed by atoms with van der Waals surface area (Å²) in [5.41, 5.74) is 2.46. The van der Waals surface area contributed by atoms with Gasteiger partial charge in [0, 0.05) is 13.1 Å². The summed E-state index contributed by atoms with van der Waals surface area (Å²) in [6.45, 7) is 10.6. The van der Waals surface area contributed by atoms with Gasteiger partial charge in [0.2, 0.25) is 0 Å². The average Bonchev–Trinajstić information content (AvgIpc) is 2.63. The minimum atomic E-state index is -0.536. The Kier molecular flexibility index (Phi) is 5.35. The Morgan fingerprint density at radius 3 is 2.53 bits per heavy atom. The highest BCUT2D eigenvalue weighted by atomic mass is 16.3. The molecule has 19 heavy (non-hydrogen) atoms. The summed E-state index contributed by atoms with van der Waals surface area (Å²) < 4.78 is 1.84. The van der Waals surface area contributed by atoms with Gasteiger partial charge < -0.3 is 15.7 Å². The van der Waals surface area contributed by atoms with Crippen LogP contribution in [0.25, 0.3) is 0 Å². The third kappa shape index (κ3) is 3.96. The van der Waals surface area contributed by atoms with Crippen molar-refractivity contribution in [1.82, 2.24) is 15.1 Å². The van der Waals surface area contributed by atoms with Crippen LogP contribution in [0.2, 0.25) is 0 Å². The monoisotopic (exact) mass is 268 g/mol. The van der Waals surface area contributed by atoms with Crippen molar-refractivity contribution in [3.05, 3.63) is 11.4 Å². The van der Waals surface area contributed by atoms with Crippen molar-refractivity contribution in [2.45, 2.75) is 47.3 Å². The maximum absolute atomic E-state index is 11.8. The number of hydrogen-bond donors (Lipinski definition) is 3. The lowest BCUT2D eigenvalue weighted by Gasteiger charge is -2.15. The van der Waals surface area contributed by atoms with Crippen LogP contribution in [-0.4, -0.2) is 33.6 Å². The summed E-state index contributed by atoms with van der Waals surface area (Å²) in [7, 11) is 0. The van der Waals surface area contributed by atoms with Gasteiger partial charge in [0.1, 0.15) is 0 Å². The second-order valence-electron chi connectivity index (χ2n) is 5.01. The molecule has 2 amide bonds. The number of aryl methyl sites for hydroxylation is 2. The van der Waals surface area contributed by atoms with Gasteiger partial charge in [-0.1, -0.05) is 13.8 Å². The number of aromatic nitrogens is 2. The van der Waals surface area contributed by atoms with Crippen LogP contribution >= 0.6 is 0 Å².